The summed E-state index contributed by atoms with van der Waals surface area (Å²) in [6.45, 7) is 8.79. The van der Waals surface area contributed by atoms with Gasteiger partial charge in [-0.05, 0) is 94.3 Å². The lowest BCUT2D eigenvalue weighted by molar-refractivity contribution is 0.0779. The van der Waals surface area contributed by atoms with Crippen molar-refractivity contribution < 1.29 is 4.79 Å². The lowest BCUT2D eigenvalue weighted by Crippen LogP contribution is -2.51. The Hall–Kier alpha value is -2.11. The van der Waals surface area contributed by atoms with Gasteiger partial charge in [-0.1, -0.05) is 19.3 Å². The minimum atomic E-state index is 0.0416. The molecular formula is C29H42N4O. The molecule has 1 aromatic heterocycles. The average molecular weight is 463 g/mol. The zero-order valence-corrected chi connectivity index (χ0v) is 21.0. The summed E-state index contributed by atoms with van der Waals surface area (Å²) in [5.41, 5.74) is 6.18. The summed E-state index contributed by atoms with van der Waals surface area (Å²) in [6.07, 6.45) is 13.0. The smallest absolute Gasteiger partial charge is 0.251 e. The fourth-order valence-electron chi connectivity index (χ4n) is 6.38. The third kappa shape index (κ3) is 5.41. The fourth-order valence-corrected chi connectivity index (χ4v) is 6.38. The van der Waals surface area contributed by atoms with Crippen LogP contribution < -0.4 is 5.32 Å². The molecule has 0 atom stereocenters. The van der Waals surface area contributed by atoms with Crippen LogP contribution in [0.1, 0.15) is 78.7 Å². The van der Waals surface area contributed by atoms with Gasteiger partial charge in [0.1, 0.15) is 0 Å². The highest BCUT2D eigenvalue weighted by Gasteiger charge is 2.24. The van der Waals surface area contributed by atoms with E-state index in [1.165, 1.54) is 100 Å². The van der Waals surface area contributed by atoms with Gasteiger partial charge in [-0.3, -0.25) is 9.69 Å². The Balaban J connectivity index is 1.05. The molecule has 1 saturated carbocycles. The number of carbonyl (C=O) groups excluding carboxylic acids is 1. The standard InChI is InChI=1S/C29H42N4O/c1-23-22-25-8-5-6-11-28(25)33(23)27-14-12-24(13-15-27)29(34)30-16-7-17-31-18-20-32(21-19-31)26-9-3-2-4-10-26/h12-15,22,26H,2-11,16-21H2,1H3,(H,30,34). The molecule has 0 radical (unpaired) electrons. The van der Waals surface area contributed by atoms with E-state index in [-0.39, 0.29) is 5.91 Å². The van der Waals surface area contributed by atoms with Crippen molar-refractivity contribution in [3.8, 4) is 5.69 Å². The Kier molecular flexibility index (Phi) is 7.70. The van der Waals surface area contributed by atoms with Crippen molar-refractivity contribution in [1.29, 1.82) is 0 Å². The van der Waals surface area contributed by atoms with Crippen LogP contribution in [0, 0.1) is 6.92 Å². The molecule has 1 saturated heterocycles. The van der Waals surface area contributed by atoms with Crippen LogP contribution in [0.2, 0.25) is 0 Å². The van der Waals surface area contributed by atoms with Crippen molar-refractivity contribution in [1.82, 2.24) is 19.7 Å². The molecule has 5 nitrogen and oxygen atoms in total. The lowest BCUT2D eigenvalue weighted by Gasteiger charge is -2.40. The lowest BCUT2D eigenvalue weighted by atomic mass is 9.94. The Morgan fingerprint density at radius 2 is 1.68 bits per heavy atom. The van der Waals surface area contributed by atoms with E-state index in [0.717, 1.165) is 37.5 Å². The van der Waals surface area contributed by atoms with Crippen LogP contribution in [0.4, 0.5) is 0 Å². The SMILES string of the molecule is Cc1cc2c(n1-c1ccc(C(=O)NCCCN3CCN(C4CCCCC4)CC3)cc1)CCCC2. The van der Waals surface area contributed by atoms with E-state index in [1.54, 1.807) is 0 Å². The second-order valence-corrected chi connectivity index (χ2v) is 10.6. The van der Waals surface area contributed by atoms with Crippen LogP contribution >= 0.6 is 0 Å². The van der Waals surface area contributed by atoms with Gasteiger partial charge in [0.2, 0.25) is 0 Å². The fraction of sp³-hybridized carbons (Fsp3) is 0.621. The molecule has 1 N–H and O–H groups in total. The van der Waals surface area contributed by atoms with Crippen molar-refractivity contribution in [3.63, 3.8) is 0 Å². The number of nitrogens with zero attached hydrogens (tertiary/aromatic N) is 3. The highest BCUT2D eigenvalue weighted by atomic mass is 16.1. The molecule has 2 heterocycles. The maximum absolute atomic E-state index is 12.7. The zero-order valence-electron chi connectivity index (χ0n) is 21.0. The number of hydrogen-bond acceptors (Lipinski definition) is 3. The summed E-state index contributed by atoms with van der Waals surface area (Å²) in [6, 6.07) is 11.3. The van der Waals surface area contributed by atoms with Gasteiger partial charge >= 0.3 is 0 Å². The van der Waals surface area contributed by atoms with Crippen LogP contribution in [0.3, 0.4) is 0 Å². The van der Waals surface area contributed by atoms with Gasteiger partial charge in [0, 0.05) is 61.4 Å². The molecule has 5 heteroatoms. The van der Waals surface area contributed by atoms with E-state index in [1.807, 2.05) is 12.1 Å². The molecule has 184 valence electrons. The number of hydrogen-bond donors (Lipinski definition) is 1. The molecule has 2 aromatic rings. The molecule has 1 aromatic carbocycles. The summed E-state index contributed by atoms with van der Waals surface area (Å²) in [5, 5.41) is 3.13. The predicted octanol–water partition coefficient (Wildman–Crippen LogP) is 4.73. The number of carbonyl (C=O) groups is 1. The van der Waals surface area contributed by atoms with Crippen LogP contribution in [0.25, 0.3) is 5.69 Å². The van der Waals surface area contributed by atoms with Gasteiger partial charge < -0.3 is 14.8 Å². The van der Waals surface area contributed by atoms with Crippen molar-refractivity contribution in [2.75, 3.05) is 39.3 Å². The number of benzene rings is 1. The summed E-state index contributed by atoms with van der Waals surface area (Å²) in [7, 11) is 0. The topological polar surface area (TPSA) is 40.5 Å². The van der Waals surface area contributed by atoms with Crippen LogP contribution in [0.5, 0.6) is 0 Å². The quantitative estimate of drug-likeness (QED) is 0.605. The van der Waals surface area contributed by atoms with Gasteiger partial charge in [-0.2, -0.15) is 0 Å². The largest absolute Gasteiger partial charge is 0.352 e. The molecule has 0 spiro atoms. The molecule has 0 unspecified atom stereocenters. The highest BCUT2D eigenvalue weighted by Crippen LogP contribution is 2.28. The van der Waals surface area contributed by atoms with Gasteiger partial charge in [0.05, 0.1) is 0 Å². The van der Waals surface area contributed by atoms with E-state index in [4.69, 9.17) is 0 Å². The Bertz CT molecular complexity index is 949. The van der Waals surface area contributed by atoms with Gasteiger partial charge in [0.15, 0.2) is 0 Å². The second-order valence-electron chi connectivity index (χ2n) is 10.6. The Morgan fingerprint density at radius 3 is 2.44 bits per heavy atom. The van der Waals surface area contributed by atoms with E-state index >= 15 is 0 Å². The molecule has 2 aliphatic carbocycles. The minimum Gasteiger partial charge on any atom is -0.352 e. The maximum atomic E-state index is 12.7. The van der Waals surface area contributed by atoms with Crippen molar-refractivity contribution in [3.05, 3.63) is 52.8 Å². The molecule has 1 amide bonds. The van der Waals surface area contributed by atoms with Crippen molar-refractivity contribution >= 4 is 5.91 Å². The van der Waals surface area contributed by atoms with Crippen LogP contribution in [-0.2, 0) is 12.8 Å². The average Bonchev–Trinajstić information content (AvgIpc) is 3.23. The second kappa shape index (κ2) is 11.1. The first-order chi connectivity index (χ1) is 16.7. The first kappa shape index (κ1) is 23.6. The monoisotopic (exact) mass is 462 g/mol. The van der Waals surface area contributed by atoms with Crippen LogP contribution in [0.15, 0.2) is 30.3 Å². The van der Waals surface area contributed by atoms with E-state index in [2.05, 4.69) is 44.8 Å². The number of rotatable bonds is 7. The summed E-state index contributed by atoms with van der Waals surface area (Å²) in [5.74, 6) is 0.0416. The van der Waals surface area contributed by atoms with Gasteiger partial charge in [0.25, 0.3) is 5.91 Å². The minimum absolute atomic E-state index is 0.0416. The van der Waals surface area contributed by atoms with Crippen LogP contribution in [-0.4, -0.2) is 65.6 Å². The van der Waals surface area contributed by atoms with Crippen molar-refractivity contribution in [2.24, 2.45) is 0 Å². The molecule has 2 fully saturated rings. The normalized spacial score (nSPS) is 20.3. The third-order valence-corrected chi connectivity index (χ3v) is 8.31. The molecule has 3 aliphatic rings. The number of aromatic nitrogens is 1. The predicted molar refractivity (Wildman–Crippen MR) is 139 cm³/mol. The van der Waals surface area contributed by atoms with Gasteiger partial charge in [-0.25, -0.2) is 0 Å². The van der Waals surface area contributed by atoms with Crippen molar-refractivity contribution in [2.45, 2.75) is 77.2 Å². The molecule has 34 heavy (non-hydrogen) atoms. The number of fused-ring (bicyclic) bond motifs is 1. The van der Waals surface area contributed by atoms with E-state index < -0.39 is 0 Å². The molecule has 0 bridgehead atoms. The Morgan fingerprint density at radius 1 is 0.941 bits per heavy atom. The number of nitrogens with one attached hydrogen (secondary N) is 1. The maximum Gasteiger partial charge on any atom is 0.251 e. The van der Waals surface area contributed by atoms with E-state index in [9.17, 15) is 4.79 Å². The summed E-state index contributed by atoms with van der Waals surface area (Å²) >= 11 is 0. The molecule has 5 rings (SSSR count). The number of piperazine rings is 1. The summed E-state index contributed by atoms with van der Waals surface area (Å²) < 4.78 is 2.38. The number of amides is 1. The Labute approximate surface area is 205 Å². The van der Waals surface area contributed by atoms with Gasteiger partial charge in [-0.15, -0.1) is 0 Å². The number of aryl methyl sites for hydroxylation is 2. The highest BCUT2D eigenvalue weighted by molar-refractivity contribution is 5.94. The first-order valence-electron chi connectivity index (χ1n) is 13.7. The summed E-state index contributed by atoms with van der Waals surface area (Å²) in [4.78, 5) is 18.0. The van der Waals surface area contributed by atoms with E-state index in [0.29, 0.717) is 0 Å². The first-order valence-corrected chi connectivity index (χ1v) is 13.7. The molecular weight excluding hydrogens is 420 g/mol. The third-order valence-electron chi connectivity index (χ3n) is 8.31. The zero-order chi connectivity index (χ0) is 23.3. The molecule has 1 aliphatic heterocycles.